The van der Waals surface area contributed by atoms with Crippen molar-refractivity contribution >= 4 is 0 Å². The molecule has 13 heavy (non-hydrogen) atoms. The Morgan fingerprint density at radius 1 is 1.23 bits per heavy atom. The van der Waals surface area contributed by atoms with Gasteiger partial charge in [-0.15, -0.1) is 0 Å². The van der Waals surface area contributed by atoms with Crippen LogP contribution >= 0.6 is 0 Å². The van der Waals surface area contributed by atoms with Crippen LogP contribution in [0.2, 0.25) is 0 Å². The third-order valence-corrected chi connectivity index (χ3v) is 1.73. The molecule has 3 N–H and O–H groups in total. The van der Waals surface area contributed by atoms with Gasteiger partial charge >= 0.3 is 0 Å². The summed E-state index contributed by atoms with van der Waals surface area (Å²) in [5, 5.41) is 18.6. The number of rotatable bonds is 1. The molecule has 0 radical (unpaired) electrons. The van der Waals surface area contributed by atoms with E-state index in [1.807, 2.05) is 0 Å². The first-order valence-electron chi connectivity index (χ1n) is 3.79. The van der Waals surface area contributed by atoms with Gasteiger partial charge in [0.05, 0.1) is 5.56 Å². The lowest BCUT2D eigenvalue weighted by Gasteiger charge is -2.00. The van der Waals surface area contributed by atoms with Crippen molar-refractivity contribution in [1.29, 1.82) is 0 Å². The van der Waals surface area contributed by atoms with Gasteiger partial charge in [-0.1, -0.05) is 0 Å². The molecule has 0 amide bonds. The van der Waals surface area contributed by atoms with Crippen molar-refractivity contribution in [1.82, 2.24) is 9.97 Å². The lowest BCUT2D eigenvalue weighted by Crippen LogP contribution is -1.80. The first kappa shape index (κ1) is 7.67. The number of aromatic nitrogens is 2. The third-order valence-electron chi connectivity index (χ3n) is 1.73. The molecule has 0 aliphatic heterocycles. The van der Waals surface area contributed by atoms with Crippen LogP contribution in [0.15, 0.2) is 30.6 Å². The molecule has 66 valence electrons. The summed E-state index contributed by atoms with van der Waals surface area (Å²) >= 11 is 0. The number of nitrogens with one attached hydrogen (secondary N) is 1. The molecule has 1 aromatic heterocycles. The number of phenols is 2. The van der Waals surface area contributed by atoms with Crippen molar-refractivity contribution in [3.63, 3.8) is 0 Å². The zero-order chi connectivity index (χ0) is 9.26. The van der Waals surface area contributed by atoms with Crippen molar-refractivity contribution in [2.45, 2.75) is 0 Å². The Labute approximate surface area is 74.5 Å². The molecule has 4 heteroatoms. The van der Waals surface area contributed by atoms with E-state index < -0.39 is 0 Å². The van der Waals surface area contributed by atoms with Crippen molar-refractivity contribution < 1.29 is 10.2 Å². The highest BCUT2D eigenvalue weighted by atomic mass is 16.3. The molecule has 1 heterocycles. The molecule has 4 nitrogen and oxygen atoms in total. The van der Waals surface area contributed by atoms with E-state index in [0.717, 1.165) is 0 Å². The van der Waals surface area contributed by atoms with Gasteiger partial charge in [0.15, 0.2) is 0 Å². The number of hydrogen-bond donors (Lipinski definition) is 3. The molecule has 0 bridgehead atoms. The first-order valence-corrected chi connectivity index (χ1v) is 3.79. The minimum absolute atomic E-state index is 0.0905. The number of hydrogen-bond acceptors (Lipinski definition) is 3. The Bertz CT molecular complexity index is 410. The summed E-state index contributed by atoms with van der Waals surface area (Å²) < 4.78 is 0. The molecular weight excluding hydrogens is 168 g/mol. The van der Waals surface area contributed by atoms with Gasteiger partial charge < -0.3 is 15.2 Å². The maximum Gasteiger partial charge on any atom is 0.141 e. The normalized spacial score (nSPS) is 10.2. The number of aromatic hydroxyl groups is 2. The quantitative estimate of drug-likeness (QED) is 0.576. The summed E-state index contributed by atoms with van der Waals surface area (Å²) in [6.07, 6.45) is 3.23. The molecule has 0 atom stereocenters. The Morgan fingerprint density at radius 3 is 2.77 bits per heavy atom. The SMILES string of the molecule is Oc1ccc(O)c(-c2ncc[nH]2)c1. The van der Waals surface area contributed by atoms with Crippen LogP contribution in [0.1, 0.15) is 0 Å². The molecule has 0 aliphatic rings. The minimum atomic E-state index is 0.0905. The Balaban J connectivity index is 2.57. The van der Waals surface area contributed by atoms with Gasteiger partial charge in [0, 0.05) is 12.4 Å². The molecule has 0 saturated carbocycles. The van der Waals surface area contributed by atoms with Gasteiger partial charge in [-0.2, -0.15) is 0 Å². The van der Waals surface area contributed by atoms with E-state index in [9.17, 15) is 10.2 Å². The smallest absolute Gasteiger partial charge is 0.141 e. The summed E-state index contributed by atoms with van der Waals surface area (Å²) in [5.74, 6) is 0.727. The van der Waals surface area contributed by atoms with Crippen LogP contribution in [0.25, 0.3) is 11.4 Å². The number of imidazole rings is 1. The van der Waals surface area contributed by atoms with Gasteiger partial charge in [0.25, 0.3) is 0 Å². The van der Waals surface area contributed by atoms with Crippen molar-refractivity contribution in [2.24, 2.45) is 0 Å². The van der Waals surface area contributed by atoms with E-state index in [1.54, 1.807) is 12.4 Å². The molecule has 0 saturated heterocycles. The van der Waals surface area contributed by atoms with E-state index in [4.69, 9.17) is 0 Å². The first-order chi connectivity index (χ1) is 6.27. The van der Waals surface area contributed by atoms with Crippen LogP contribution in [-0.2, 0) is 0 Å². The summed E-state index contributed by atoms with van der Waals surface area (Å²) in [6, 6.07) is 4.29. The zero-order valence-corrected chi connectivity index (χ0v) is 6.73. The van der Waals surface area contributed by atoms with Crippen molar-refractivity contribution in [2.75, 3.05) is 0 Å². The second kappa shape index (κ2) is 2.82. The van der Waals surface area contributed by atoms with Crippen LogP contribution < -0.4 is 0 Å². The van der Waals surface area contributed by atoms with E-state index in [1.165, 1.54) is 18.2 Å². The molecule has 0 aliphatic carbocycles. The predicted octanol–water partition coefficient (Wildman–Crippen LogP) is 1.49. The lowest BCUT2D eigenvalue weighted by molar-refractivity contribution is 0.461. The van der Waals surface area contributed by atoms with Crippen LogP contribution in [0.3, 0.4) is 0 Å². The Morgan fingerprint density at radius 2 is 2.08 bits per heavy atom. The number of phenolic OH excluding ortho intramolecular Hbond substituents is 2. The number of benzene rings is 1. The summed E-state index contributed by atoms with van der Waals surface area (Å²) in [4.78, 5) is 6.80. The van der Waals surface area contributed by atoms with Crippen LogP contribution in [-0.4, -0.2) is 20.2 Å². The van der Waals surface area contributed by atoms with Crippen LogP contribution in [0.4, 0.5) is 0 Å². The molecule has 1 aromatic carbocycles. The second-order valence-corrected chi connectivity index (χ2v) is 2.64. The van der Waals surface area contributed by atoms with E-state index in [2.05, 4.69) is 9.97 Å². The second-order valence-electron chi connectivity index (χ2n) is 2.64. The predicted molar refractivity (Wildman–Crippen MR) is 47.4 cm³/mol. The summed E-state index contributed by atoms with van der Waals surface area (Å²) in [7, 11) is 0. The highest BCUT2D eigenvalue weighted by molar-refractivity contribution is 5.65. The van der Waals surface area contributed by atoms with Gasteiger partial charge in [-0.25, -0.2) is 4.98 Å². The lowest BCUT2D eigenvalue weighted by atomic mass is 10.2. The van der Waals surface area contributed by atoms with Gasteiger partial charge in [0.2, 0.25) is 0 Å². The molecule has 0 unspecified atom stereocenters. The molecule has 2 rings (SSSR count). The fraction of sp³-hybridized carbons (Fsp3) is 0. The number of H-pyrrole nitrogens is 1. The van der Waals surface area contributed by atoms with Crippen LogP contribution in [0, 0.1) is 0 Å². The van der Waals surface area contributed by atoms with Gasteiger partial charge in [-0.05, 0) is 18.2 Å². The van der Waals surface area contributed by atoms with Crippen molar-refractivity contribution in [3.05, 3.63) is 30.6 Å². The third kappa shape index (κ3) is 1.33. The topological polar surface area (TPSA) is 69.1 Å². The highest BCUT2D eigenvalue weighted by Gasteiger charge is 2.06. The zero-order valence-electron chi connectivity index (χ0n) is 6.73. The fourth-order valence-corrected chi connectivity index (χ4v) is 1.13. The standard InChI is InChI=1S/C9H8N2O2/c12-6-1-2-8(13)7(5-6)9-10-3-4-11-9/h1-5,12-13H,(H,10,11). The molecule has 0 spiro atoms. The highest BCUT2D eigenvalue weighted by Crippen LogP contribution is 2.29. The van der Waals surface area contributed by atoms with E-state index in [0.29, 0.717) is 11.4 Å². The van der Waals surface area contributed by atoms with Crippen molar-refractivity contribution in [3.8, 4) is 22.9 Å². The minimum Gasteiger partial charge on any atom is -0.508 e. The molecular formula is C9H8N2O2. The van der Waals surface area contributed by atoms with E-state index in [-0.39, 0.29) is 11.5 Å². The largest absolute Gasteiger partial charge is 0.508 e. The maximum atomic E-state index is 9.44. The summed E-state index contributed by atoms with van der Waals surface area (Å²) in [6.45, 7) is 0. The summed E-state index contributed by atoms with van der Waals surface area (Å²) in [5.41, 5.74) is 0.491. The van der Waals surface area contributed by atoms with Gasteiger partial charge in [-0.3, -0.25) is 0 Å². The van der Waals surface area contributed by atoms with Gasteiger partial charge in [0.1, 0.15) is 17.3 Å². The maximum absolute atomic E-state index is 9.44. The molecule has 2 aromatic rings. The molecule has 0 fully saturated rings. The fourth-order valence-electron chi connectivity index (χ4n) is 1.13. The number of nitrogens with zero attached hydrogens (tertiary/aromatic N) is 1. The van der Waals surface area contributed by atoms with Crippen LogP contribution in [0.5, 0.6) is 11.5 Å². The van der Waals surface area contributed by atoms with E-state index >= 15 is 0 Å². The Hall–Kier alpha value is -1.97. The monoisotopic (exact) mass is 176 g/mol. The average molecular weight is 176 g/mol. The average Bonchev–Trinajstić information content (AvgIpc) is 2.61. The number of aromatic amines is 1. The Kier molecular flexibility index (Phi) is 1.66.